The first-order valence-electron chi connectivity index (χ1n) is 2.92. The zero-order valence-electron chi connectivity index (χ0n) is 6.09. The summed E-state index contributed by atoms with van der Waals surface area (Å²) in [5, 5.41) is 8.77. The van der Waals surface area contributed by atoms with E-state index in [1.165, 1.54) is 0 Å². The highest BCUT2D eigenvalue weighted by Crippen LogP contribution is 1.97. The molecule has 0 amide bonds. The van der Waals surface area contributed by atoms with Crippen LogP contribution in [0.1, 0.15) is 13.3 Å². The lowest BCUT2D eigenvalue weighted by molar-refractivity contribution is 0.313. The van der Waals surface area contributed by atoms with E-state index in [1.54, 1.807) is 0 Å². The molecule has 0 aliphatic rings. The van der Waals surface area contributed by atoms with Crippen molar-refractivity contribution in [2.75, 3.05) is 14.1 Å². The second-order valence-electron chi connectivity index (χ2n) is 2.41. The Morgan fingerprint density at radius 1 is 1.67 bits per heavy atom. The lowest BCUT2D eigenvalue weighted by Gasteiger charge is -2.17. The predicted molar refractivity (Wildman–Crippen MR) is 43.0 cm³/mol. The highest BCUT2D eigenvalue weighted by Gasteiger charge is 2.05. The van der Waals surface area contributed by atoms with E-state index in [0.29, 0.717) is 12.5 Å². The standard InChI is InChI=1S/C6H13NOS/c1-5(7(2)3)4-6(8)9/h5H,4H2,1-3H3,(H,8,9). The number of thiocarbonyl (C=S) groups is 1. The lowest BCUT2D eigenvalue weighted by atomic mass is 10.2. The molecule has 0 radical (unpaired) electrons. The fourth-order valence-corrected chi connectivity index (χ4v) is 0.676. The monoisotopic (exact) mass is 147 g/mol. The Kier molecular flexibility index (Phi) is 3.73. The maximum atomic E-state index is 8.68. The number of aliphatic hydroxyl groups is 1. The van der Waals surface area contributed by atoms with Gasteiger partial charge in [0.15, 0.2) is 5.05 Å². The van der Waals surface area contributed by atoms with Crippen molar-refractivity contribution in [3.05, 3.63) is 0 Å². The summed E-state index contributed by atoms with van der Waals surface area (Å²) in [5.74, 6) is 0. The molecule has 0 bridgehead atoms. The summed E-state index contributed by atoms with van der Waals surface area (Å²) in [6.07, 6.45) is 0.586. The maximum Gasteiger partial charge on any atom is 0.158 e. The zero-order valence-corrected chi connectivity index (χ0v) is 6.90. The van der Waals surface area contributed by atoms with Gasteiger partial charge in [0, 0.05) is 12.5 Å². The van der Waals surface area contributed by atoms with Gasteiger partial charge in [0.2, 0.25) is 0 Å². The molecule has 0 heterocycles. The van der Waals surface area contributed by atoms with Gasteiger partial charge in [-0.3, -0.25) is 0 Å². The number of hydrogen-bond acceptors (Lipinski definition) is 2. The molecule has 0 aliphatic heterocycles. The lowest BCUT2D eigenvalue weighted by Crippen LogP contribution is -2.26. The van der Waals surface area contributed by atoms with Gasteiger partial charge in [0.1, 0.15) is 0 Å². The molecule has 2 nitrogen and oxygen atoms in total. The van der Waals surface area contributed by atoms with Gasteiger partial charge in [-0.1, -0.05) is 0 Å². The molecule has 0 aliphatic carbocycles. The van der Waals surface area contributed by atoms with E-state index in [1.807, 2.05) is 25.9 Å². The molecule has 0 saturated carbocycles. The summed E-state index contributed by atoms with van der Waals surface area (Å²) in [7, 11) is 3.92. The fourth-order valence-electron chi connectivity index (χ4n) is 0.435. The highest BCUT2D eigenvalue weighted by molar-refractivity contribution is 7.80. The zero-order chi connectivity index (χ0) is 7.44. The van der Waals surface area contributed by atoms with Crippen LogP contribution in [0.25, 0.3) is 0 Å². The predicted octanol–water partition coefficient (Wildman–Crippen LogP) is 1.21. The summed E-state index contributed by atoms with van der Waals surface area (Å²) in [6, 6.07) is 0.336. The van der Waals surface area contributed by atoms with E-state index in [4.69, 9.17) is 5.11 Å². The molecule has 0 aromatic heterocycles. The van der Waals surface area contributed by atoms with Crippen LogP contribution in [0.2, 0.25) is 0 Å². The van der Waals surface area contributed by atoms with Crippen molar-refractivity contribution < 1.29 is 5.11 Å². The van der Waals surface area contributed by atoms with E-state index >= 15 is 0 Å². The van der Waals surface area contributed by atoms with Gasteiger partial charge in [-0.15, -0.1) is 0 Å². The van der Waals surface area contributed by atoms with E-state index < -0.39 is 0 Å². The van der Waals surface area contributed by atoms with Crippen LogP contribution in [-0.4, -0.2) is 35.2 Å². The van der Waals surface area contributed by atoms with E-state index in [9.17, 15) is 0 Å². The van der Waals surface area contributed by atoms with E-state index in [-0.39, 0.29) is 5.05 Å². The van der Waals surface area contributed by atoms with Crippen molar-refractivity contribution in [2.24, 2.45) is 0 Å². The molecule has 1 unspecified atom stereocenters. The number of rotatable bonds is 3. The van der Waals surface area contributed by atoms with Crippen LogP contribution in [0.5, 0.6) is 0 Å². The van der Waals surface area contributed by atoms with Crippen LogP contribution < -0.4 is 0 Å². The Balaban J connectivity index is 3.50. The third kappa shape index (κ3) is 4.36. The quantitative estimate of drug-likeness (QED) is 0.607. The Hall–Kier alpha value is -0.150. The Morgan fingerprint density at radius 2 is 2.11 bits per heavy atom. The highest BCUT2D eigenvalue weighted by atomic mass is 32.1. The van der Waals surface area contributed by atoms with Crippen molar-refractivity contribution in [1.29, 1.82) is 0 Å². The van der Waals surface area contributed by atoms with Gasteiger partial charge in [-0.05, 0) is 33.2 Å². The van der Waals surface area contributed by atoms with Crippen molar-refractivity contribution in [1.82, 2.24) is 4.90 Å². The second kappa shape index (κ2) is 3.80. The molecule has 9 heavy (non-hydrogen) atoms. The molecule has 1 N–H and O–H groups in total. The minimum Gasteiger partial charge on any atom is -0.502 e. The topological polar surface area (TPSA) is 23.5 Å². The van der Waals surface area contributed by atoms with Gasteiger partial charge in [0.25, 0.3) is 0 Å². The third-order valence-corrected chi connectivity index (χ3v) is 1.52. The number of hydrogen-bond donors (Lipinski definition) is 1. The molecule has 1 atom stereocenters. The van der Waals surface area contributed by atoms with Gasteiger partial charge in [0.05, 0.1) is 0 Å². The average Bonchev–Trinajstić information content (AvgIpc) is 1.63. The maximum absolute atomic E-state index is 8.68. The Bertz CT molecular complexity index is 103. The summed E-state index contributed by atoms with van der Waals surface area (Å²) < 4.78 is 0. The minimum atomic E-state index is 0.0937. The molecule has 0 spiro atoms. The van der Waals surface area contributed by atoms with Crippen molar-refractivity contribution in [3.8, 4) is 0 Å². The molecule has 0 aromatic carbocycles. The van der Waals surface area contributed by atoms with Crippen LogP contribution in [0.3, 0.4) is 0 Å². The normalized spacial score (nSPS) is 13.8. The summed E-state index contributed by atoms with van der Waals surface area (Å²) in [6.45, 7) is 2.02. The average molecular weight is 147 g/mol. The van der Waals surface area contributed by atoms with Crippen molar-refractivity contribution >= 4 is 17.3 Å². The van der Waals surface area contributed by atoms with Crippen LogP contribution >= 0.6 is 12.2 Å². The summed E-state index contributed by atoms with van der Waals surface area (Å²) >= 11 is 4.52. The SMILES string of the molecule is CC(CC(O)=S)N(C)C. The smallest absolute Gasteiger partial charge is 0.158 e. The van der Waals surface area contributed by atoms with Crippen molar-refractivity contribution in [3.63, 3.8) is 0 Å². The first-order chi connectivity index (χ1) is 4.04. The van der Waals surface area contributed by atoms with Gasteiger partial charge >= 0.3 is 0 Å². The van der Waals surface area contributed by atoms with E-state index in [0.717, 1.165) is 0 Å². The van der Waals surface area contributed by atoms with Gasteiger partial charge in [-0.25, -0.2) is 0 Å². The first kappa shape index (κ1) is 8.85. The van der Waals surface area contributed by atoms with Gasteiger partial charge < -0.3 is 10.0 Å². The van der Waals surface area contributed by atoms with Crippen molar-refractivity contribution in [2.45, 2.75) is 19.4 Å². The first-order valence-corrected chi connectivity index (χ1v) is 3.33. The van der Waals surface area contributed by atoms with Crippen LogP contribution in [0, 0.1) is 0 Å². The molecule has 0 fully saturated rings. The molecule has 54 valence electrons. The Morgan fingerprint density at radius 3 is 2.22 bits per heavy atom. The van der Waals surface area contributed by atoms with Gasteiger partial charge in [-0.2, -0.15) is 0 Å². The molecule has 0 rings (SSSR count). The third-order valence-electron chi connectivity index (χ3n) is 1.35. The molecule has 0 aromatic rings. The van der Waals surface area contributed by atoms with Crippen LogP contribution in [-0.2, 0) is 0 Å². The fraction of sp³-hybridized carbons (Fsp3) is 0.833. The van der Waals surface area contributed by atoms with E-state index in [2.05, 4.69) is 12.2 Å². The minimum absolute atomic E-state index is 0.0937. The largest absolute Gasteiger partial charge is 0.502 e. The van der Waals surface area contributed by atoms with Crippen LogP contribution in [0.4, 0.5) is 0 Å². The number of aliphatic hydroxyl groups excluding tert-OH is 1. The number of nitrogens with zero attached hydrogens (tertiary/aromatic N) is 1. The summed E-state index contributed by atoms with van der Waals surface area (Å²) in [4.78, 5) is 2.02. The Labute approximate surface area is 61.5 Å². The second-order valence-corrected chi connectivity index (χ2v) is 2.88. The molecule has 0 saturated heterocycles. The summed E-state index contributed by atoms with van der Waals surface area (Å²) in [5.41, 5.74) is 0. The van der Waals surface area contributed by atoms with Crippen LogP contribution in [0.15, 0.2) is 0 Å². The molecular weight excluding hydrogens is 134 g/mol. The molecular formula is C6H13NOS. The molecule has 3 heteroatoms.